The molecule has 0 fully saturated rings. The molecule has 0 amide bonds. The fraction of sp³-hybridized carbons (Fsp3) is 0.154. The first-order chi connectivity index (χ1) is 9.81. The van der Waals surface area contributed by atoms with E-state index in [2.05, 4.69) is 19.9 Å². The Balaban J connectivity index is 1.96. The molecule has 0 aliphatic rings. The summed E-state index contributed by atoms with van der Waals surface area (Å²) in [6.45, 7) is 0. The number of imidazole rings is 1. The first-order valence-corrected chi connectivity index (χ1v) is 6.67. The molecular formula is C13H12N4O2S. The number of methoxy groups -OCH3 is 2. The van der Waals surface area contributed by atoms with Gasteiger partial charge < -0.3 is 14.5 Å². The van der Waals surface area contributed by atoms with Crippen LogP contribution in [0.1, 0.15) is 0 Å². The molecule has 0 aliphatic heterocycles. The lowest BCUT2D eigenvalue weighted by Gasteiger charge is -2.09. The molecule has 0 saturated carbocycles. The van der Waals surface area contributed by atoms with Crippen molar-refractivity contribution in [2.45, 2.75) is 9.92 Å². The SMILES string of the molecule is COc1ccc(Sc2ncnc3nc[nH]c23)cc1OC. The summed E-state index contributed by atoms with van der Waals surface area (Å²) >= 11 is 1.51. The second-order valence-corrected chi connectivity index (χ2v) is 4.96. The topological polar surface area (TPSA) is 72.9 Å². The zero-order valence-corrected chi connectivity index (χ0v) is 11.8. The van der Waals surface area contributed by atoms with Crippen LogP contribution in [-0.4, -0.2) is 34.2 Å². The van der Waals surface area contributed by atoms with Gasteiger partial charge in [0.05, 0.1) is 20.5 Å². The molecule has 0 radical (unpaired) electrons. The van der Waals surface area contributed by atoms with Crippen molar-refractivity contribution < 1.29 is 9.47 Å². The van der Waals surface area contributed by atoms with Crippen LogP contribution in [0.4, 0.5) is 0 Å². The Kier molecular flexibility index (Phi) is 3.42. The van der Waals surface area contributed by atoms with Gasteiger partial charge in [-0.25, -0.2) is 15.0 Å². The smallest absolute Gasteiger partial charge is 0.181 e. The van der Waals surface area contributed by atoms with Gasteiger partial charge in [0.1, 0.15) is 16.9 Å². The van der Waals surface area contributed by atoms with Gasteiger partial charge in [0.15, 0.2) is 17.1 Å². The van der Waals surface area contributed by atoms with E-state index in [9.17, 15) is 0 Å². The summed E-state index contributed by atoms with van der Waals surface area (Å²) in [5.41, 5.74) is 1.48. The Morgan fingerprint density at radius 1 is 1.05 bits per heavy atom. The molecule has 0 spiro atoms. The van der Waals surface area contributed by atoms with E-state index in [4.69, 9.17) is 9.47 Å². The number of H-pyrrole nitrogens is 1. The van der Waals surface area contributed by atoms with E-state index in [1.165, 1.54) is 18.1 Å². The van der Waals surface area contributed by atoms with Crippen molar-refractivity contribution in [2.75, 3.05) is 14.2 Å². The van der Waals surface area contributed by atoms with E-state index in [1.807, 2.05) is 18.2 Å². The molecule has 1 aromatic carbocycles. The normalized spacial score (nSPS) is 10.7. The Hall–Kier alpha value is -2.28. The van der Waals surface area contributed by atoms with Crippen LogP contribution in [0.25, 0.3) is 11.2 Å². The number of rotatable bonds is 4. The number of ether oxygens (including phenoxy) is 2. The van der Waals surface area contributed by atoms with Gasteiger partial charge in [0.25, 0.3) is 0 Å². The largest absolute Gasteiger partial charge is 0.493 e. The quantitative estimate of drug-likeness (QED) is 0.744. The zero-order valence-electron chi connectivity index (χ0n) is 11.0. The summed E-state index contributed by atoms with van der Waals surface area (Å²) in [4.78, 5) is 16.5. The molecule has 6 nitrogen and oxygen atoms in total. The van der Waals surface area contributed by atoms with Gasteiger partial charge in [-0.05, 0) is 18.2 Å². The average Bonchev–Trinajstić information content (AvgIpc) is 2.96. The van der Waals surface area contributed by atoms with E-state index in [-0.39, 0.29) is 0 Å². The number of hydrogen-bond acceptors (Lipinski definition) is 6. The van der Waals surface area contributed by atoms with E-state index < -0.39 is 0 Å². The van der Waals surface area contributed by atoms with Crippen molar-refractivity contribution in [3.8, 4) is 11.5 Å². The molecule has 0 atom stereocenters. The van der Waals surface area contributed by atoms with E-state index in [1.54, 1.807) is 20.5 Å². The molecule has 1 N–H and O–H groups in total. The zero-order chi connectivity index (χ0) is 13.9. The van der Waals surface area contributed by atoms with Crippen LogP contribution < -0.4 is 9.47 Å². The van der Waals surface area contributed by atoms with Gasteiger partial charge in [-0.15, -0.1) is 0 Å². The maximum Gasteiger partial charge on any atom is 0.181 e. The van der Waals surface area contributed by atoms with E-state index >= 15 is 0 Å². The predicted molar refractivity (Wildman–Crippen MR) is 75.4 cm³/mol. The standard InChI is InChI=1S/C13H12N4O2S/c1-18-9-4-3-8(5-10(9)19-2)20-13-11-12(15-6-14-11)16-7-17-13/h3-7H,1-2H3,(H,14,15,16,17). The lowest BCUT2D eigenvalue weighted by molar-refractivity contribution is 0.354. The second-order valence-electron chi connectivity index (χ2n) is 3.90. The minimum atomic E-state index is 0.656. The third kappa shape index (κ3) is 2.27. The molecule has 0 aliphatic carbocycles. The number of nitrogens with zero attached hydrogens (tertiary/aromatic N) is 3. The van der Waals surface area contributed by atoms with Crippen molar-refractivity contribution >= 4 is 22.9 Å². The lowest BCUT2D eigenvalue weighted by Crippen LogP contribution is -1.91. The van der Waals surface area contributed by atoms with Crippen molar-refractivity contribution in [2.24, 2.45) is 0 Å². The minimum absolute atomic E-state index is 0.656. The fourth-order valence-corrected chi connectivity index (χ4v) is 2.69. The monoisotopic (exact) mass is 288 g/mol. The molecule has 3 aromatic rings. The number of aromatic amines is 1. The fourth-order valence-electron chi connectivity index (χ4n) is 1.81. The highest BCUT2D eigenvalue weighted by Crippen LogP contribution is 2.35. The molecule has 20 heavy (non-hydrogen) atoms. The minimum Gasteiger partial charge on any atom is -0.493 e. The molecule has 102 valence electrons. The average molecular weight is 288 g/mol. The van der Waals surface area contributed by atoms with Crippen LogP contribution in [0.15, 0.2) is 40.8 Å². The number of fused-ring (bicyclic) bond motifs is 1. The third-order valence-corrected chi connectivity index (χ3v) is 3.75. The Labute approximate surface area is 119 Å². The maximum absolute atomic E-state index is 5.30. The van der Waals surface area contributed by atoms with Gasteiger partial charge in [-0.3, -0.25) is 0 Å². The molecule has 0 bridgehead atoms. The summed E-state index contributed by atoms with van der Waals surface area (Å²) in [5, 5.41) is 0.819. The number of hydrogen-bond donors (Lipinski definition) is 1. The number of aromatic nitrogens is 4. The highest BCUT2D eigenvalue weighted by Gasteiger charge is 2.10. The third-order valence-electron chi connectivity index (χ3n) is 2.76. The summed E-state index contributed by atoms with van der Waals surface area (Å²) in [5.74, 6) is 1.39. The van der Waals surface area contributed by atoms with Gasteiger partial charge in [0, 0.05) is 4.90 Å². The number of nitrogens with one attached hydrogen (secondary N) is 1. The highest BCUT2D eigenvalue weighted by atomic mass is 32.2. The lowest BCUT2D eigenvalue weighted by atomic mass is 10.3. The Morgan fingerprint density at radius 2 is 1.90 bits per heavy atom. The van der Waals surface area contributed by atoms with Crippen molar-refractivity contribution in [1.82, 2.24) is 19.9 Å². The van der Waals surface area contributed by atoms with Gasteiger partial charge in [-0.1, -0.05) is 11.8 Å². The molecular weight excluding hydrogens is 276 g/mol. The summed E-state index contributed by atoms with van der Waals surface area (Å²) in [6, 6.07) is 5.73. The van der Waals surface area contributed by atoms with Crippen molar-refractivity contribution in [3.63, 3.8) is 0 Å². The predicted octanol–water partition coefficient (Wildman–Crippen LogP) is 2.52. The van der Waals surface area contributed by atoms with Crippen LogP contribution >= 0.6 is 11.8 Å². The molecule has 0 saturated heterocycles. The number of benzene rings is 1. The molecule has 3 rings (SSSR count). The summed E-state index contributed by atoms with van der Waals surface area (Å²) < 4.78 is 10.5. The van der Waals surface area contributed by atoms with Crippen LogP contribution in [0.5, 0.6) is 11.5 Å². The summed E-state index contributed by atoms with van der Waals surface area (Å²) in [6.07, 6.45) is 3.12. The molecule has 2 heterocycles. The maximum atomic E-state index is 5.30. The van der Waals surface area contributed by atoms with Gasteiger partial charge >= 0.3 is 0 Å². The van der Waals surface area contributed by atoms with Gasteiger partial charge in [-0.2, -0.15) is 0 Å². The highest BCUT2D eigenvalue weighted by molar-refractivity contribution is 7.99. The van der Waals surface area contributed by atoms with Crippen LogP contribution in [0.3, 0.4) is 0 Å². The van der Waals surface area contributed by atoms with E-state index in [0.717, 1.165) is 15.4 Å². The molecule has 2 aromatic heterocycles. The van der Waals surface area contributed by atoms with Crippen LogP contribution in [0, 0.1) is 0 Å². The first-order valence-electron chi connectivity index (χ1n) is 5.86. The van der Waals surface area contributed by atoms with Crippen LogP contribution in [-0.2, 0) is 0 Å². The summed E-state index contributed by atoms with van der Waals surface area (Å²) in [7, 11) is 3.23. The van der Waals surface area contributed by atoms with Crippen LogP contribution in [0.2, 0.25) is 0 Å². The van der Waals surface area contributed by atoms with Crippen molar-refractivity contribution in [1.29, 1.82) is 0 Å². The Bertz CT molecular complexity index is 744. The van der Waals surface area contributed by atoms with Crippen molar-refractivity contribution in [3.05, 3.63) is 30.9 Å². The second kappa shape index (κ2) is 5.38. The molecule has 0 unspecified atom stereocenters. The van der Waals surface area contributed by atoms with E-state index in [0.29, 0.717) is 17.1 Å². The van der Waals surface area contributed by atoms with Gasteiger partial charge in [0.2, 0.25) is 0 Å². The Morgan fingerprint density at radius 3 is 2.70 bits per heavy atom. The first kappa shape index (κ1) is 12.7. The molecule has 7 heteroatoms.